The number of carbonyl (C=O) groups is 1. The monoisotopic (exact) mass is 255 g/mol. The number of hydrogen-bond acceptors (Lipinski definition) is 2. The molecule has 0 aliphatic carbocycles. The van der Waals surface area contributed by atoms with Gasteiger partial charge in [0.05, 0.1) is 7.11 Å². The van der Waals surface area contributed by atoms with E-state index in [9.17, 15) is 4.79 Å². The van der Waals surface area contributed by atoms with E-state index in [-0.39, 0.29) is 0 Å². The predicted molar refractivity (Wildman–Crippen MR) is 70.1 cm³/mol. The third-order valence-electron chi connectivity index (χ3n) is 2.76. The summed E-state index contributed by atoms with van der Waals surface area (Å²) < 4.78 is 5.31. The van der Waals surface area contributed by atoms with Crippen molar-refractivity contribution in [2.45, 2.75) is 20.3 Å². The minimum Gasteiger partial charge on any atom is -0.496 e. The molecule has 0 heterocycles. The Bertz CT molecular complexity index is 395. The van der Waals surface area contributed by atoms with E-state index in [1.54, 1.807) is 14.2 Å². The van der Waals surface area contributed by atoms with Gasteiger partial charge in [0.1, 0.15) is 5.75 Å². The molecule has 0 aliphatic heterocycles. The van der Waals surface area contributed by atoms with Crippen LogP contribution in [-0.4, -0.2) is 31.0 Å². The van der Waals surface area contributed by atoms with Gasteiger partial charge in [0.2, 0.25) is 0 Å². The van der Waals surface area contributed by atoms with Crippen molar-refractivity contribution < 1.29 is 9.53 Å². The molecule has 0 saturated carbocycles. The number of rotatable bonds is 4. The highest BCUT2D eigenvalue weighted by molar-refractivity contribution is 6.62. The molecule has 1 rings (SSSR count). The Morgan fingerprint density at radius 2 is 1.88 bits per heavy atom. The molecule has 1 aromatic rings. The Morgan fingerprint density at radius 1 is 1.35 bits per heavy atom. The maximum atomic E-state index is 10.9. The summed E-state index contributed by atoms with van der Waals surface area (Å²) >= 11 is 5.37. The van der Waals surface area contributed by atoms with E-state index < -0.39 is 5.37 Å². The summed E-state index contributed by atoms with van der Waals surface area (Å²) in [6.07, 6.45) is 0.792. The number of likely N-dealkylation sites (N-methyl/N-ethyl adjacent to an activating group) is 1. The standard InChI is InChI=1S/C13H18ClNO2/c1-9-7-11(5-6-15(3)13(14)16)8-10(2)12(9)17-4/h7-8H,5-6H2,1-4H3. The number of halogens is 1. The molecular formula is C13H18ClNO2. The first-order valence-electron chi connectivity index (χ1n) is 5.50. The van der Waals surface area contributed by atoms with Gasteiger partial charge < -0.3 is 9.64 Å². The third kappa shape index (κ3) is 3.63. The van der Waals surface area contributed by atoms with Crippen molar-refractivity contribution >= 4 is 17.0 Å². The zero-order valence-corrected chi connectivity index (χ0v) is 11.5. The molecule has 0 atom stereocenters. The fraction of sp³-hybridized carbons (Fsp3) is 0.462. The Morgan fingerprint density at radius 3 is 2.29 bits per heavy atom. The Kier molecular flexibility index (Phi) is 4.82. The summed E-state index contributed by atoms with van der Waals surface area (Å²) in [6.45, 7) is 4.66. The van der Waals surface area contributed by atoms with Crippen LogP contribution in [0.4, 0.5) is 4.79 Å². The normalized spacial score (nSPS) is 10.2. The van der Waals surface area contributed by atoms with Gasteiger partial charge in [-0.05, 0) is 48.6 Å². The molecule has 94 valence electrons. The van der Waals surface area contributed by atoms with Gasteiger partial charge in [-0.1, -0.05) is 12.1 Å². The molecule has 0 saturated heterocycles. The summed E-state index contributed by atoms with van der Waals surface area (Å²) in [5.74, 6) is 0.926. The Labute approximate surface area is 107 Å². The predicted octanol–water partition coefficient (Wildman–Crippen LogP) is 3.15. The zero-order valence-electron chi connectivity index (χ0n) is 10.7. The first kappa shape index (κ1) is 13.8. The number of amides is 1. The maximum absolute atomic E-state index is 10.9. The maximum Gasteiger partial charge on any atom is 0.316 e. The molecule has 0 aliphatic rings. The molecule has 1 amide bonds. The van der Waals surface area contributed by atoms with Crippen LogP contribution in [0.25, 0.3) is 0 Å². The smallest absolute Gasteiger partial charge is 0.316 e. The lowest BCUT2D eigenvalue weighted by molar-refractivity contribution is 0.232. The van der Waals surface area contributed by atoms with E-state index in [4.69, 9.17) is 16.3 Å². The van der Waals surface area contributed by atoms with Gasteiger partial charge >= 0.3 is 5.37 Å². The average molecular weight is 256 g/mol. The molecule has 4 heteroatoms. The third-order valence-corrected chi connectivity index (χ3v) is 3.05. The van der Waals surface area contributed by atoms with Crippen LogP contribution in [0.3, 0.4) is 0 Å². The number of aryl methyl sites for hydroxylation is 2. The van der Waals surface area contributed by atoms with Gasteiger partial charge in [-0.25, -0.2) is 0 Å². The molecule has 0 bridgehead atoms. The molecule has 0 N–H and O–H groups in total. The van der Waals surface area contributed by atoms with Crippen LogP contribution in [0.15, 0.2) is 12.1 Å². The Balaban J connectivity index is 2.77. The van der Waals surface area contributed by atoms with E-state index in [1.165, 1.54) is 10.5 Å². The molecule has 0 fully saturated rings. The van der Waals surface area contributed by atoms with Gasteiger partial charge in [0.25, 0.3) is 0 Å². The van der Waals surface area contributed by atoms with Crippen LogP contribution in [0.5, 0.6) is 5.75 Å². The van der Waals surface area contributed by atoms with Crippen molar-refractivity contribution in [2.24, 2.45) is 0 Å². The van der Waals surface area contributed by atoms with Gasteiger partial charge in [-0.3, -0.25) is 4.79 Å². The van der Waals surface area contributed by atoms with Crippen molar-refractivity contribution in [3.8, 4) is 5.75 Å². The van der Waals surface area contributed by atoms with Gasteiger partial charge in [-0.2, -0.15) is 0 Å². The van der Waals surface area contributed by atoms with Crippen LogP contribution < -0.4 is 4.74 Å². The van der Waals surface area contributed by atoms with Gasteiger partial charge in [-0.15, -0.1) is 0 Å². The number of ether oxygens (including phenoxy) is 1. The van der Waals surface area contributed by atoms with E-state index in [2.05, 4.69) is 12.1 Å². The first-order valence-corrected chi connectivity index (χ1v) is 5.88. The van der Waals surface area contributed by atoms with Crippen LogP contribution in [0.1, 0.15) is 16.7 Å². The van der Waals surface area contributed by atoms with Crippen molar-refractivity contribution in [1.82, 2.24) is 4.90 Å². The van der Waals surface area contributed by atoms with Crippen molar-refractivity contribution in [3.05, 3.63) is 28.8 Å². The Hall–Kier alpha value is -1.22. The van der Waals surface area contributed by atoms with E-state index in [0.717, 1.165) is 23.3 Å². The minimum absolute atomic E-state index is 0.424. The second-order valence-electron chi connectivity index (χ2n) is 4.19. The largest absolute Gasteiger partial charge is 0.496 e. The van der Waals surface area contributed by atoms with Crippen molar-refractivity contribution in [1.29, 1.82) is 0 Å². The number of methoxy groups -OCH3 is 1. The van der Waals surface area contributed by atoms with E-state index in [1.807, 2.05) is 13.8 Å². The average Bonchev–Trinajstić information content (AvgIpc) is 2.25. The second-order valence-corrected chi connectivity index (χ2v) is 4.51. The van der Waals surface area contributed by atoms with Crippen molar-refractivity contribution in [3.63, 3.8) is 0 Å². The lowest BCUT2D eigenvalue weighted by atomic mass is 10.0. The highest BCUT2D eigenvalue weighted by Crippen LogP contribution is 2.24. The SMILES string of the molecule is COc1c(C)cc(CCN(C)C(=O)Cl)cc1C. The fourth-order valence-electron chi connectivity index (χ4n) is 1.89. The molecule has 3 nitrogen and oxygen atoms in total. The van der Waals surface area contributed by atoms with Gasteiger partial charge in [0.15, 0.2) is 0 Å². The molecule has 0 unspecified atom stereocenters. The van der Waals surface area contributed by atoms with Crippen LogP contribution in [0.2, 0.25) is 0 Å². The molecule has 0 aromatic heterocycles. The summed E-state index contributed by atoms with van der Waals surface area (Å²) in [6, 6.07) is 4.16. The molecule has 17 heavy (non-hydrogen) atoms. The molecule has 1 aromatic carbocycles. The second kappa shape index (κ2) is 5.92. The number of nitrogens with zero attached hydrogens (tertiary/aromatic N) is 1. The van der Waals surface area contributed by atoms with Crippen LogP contribution >= 0.6 is 11.6 Å². The number of benzene rings is 1. The minimum atomic E-state index is -0.424. The van der Waals surface area contributed by atoms with Gasteiger partial charge in [0, 0.05) is 13.6 Å². The highest BCUT2D eigenvalue weighted by atomic mass is 35.5. The number of carbonyl (C=O) groups excluding carboxylic acids is 1. The summed E-state index contributed by atoms with van der Waals surface area (Å²) in [4.78, 5) is 12.4. The van der Waals surface area contributed by atoms with Crippen LogP contribution in [-0.2, 0) is 6.42 Å². The lowest BCUT2D eigenvalue weighted by Crippen LogP contribution is -2.23. The summed E-state index contributed by atoms with van der Waals surface area (Å²) in [5, 5.41) is -0.424. The quantitative estimate of drug-likeness (QED) is 0.611. The molecule has 0 spiro atoms. The van der Waals surface area contributed by atoms with Crippen LogP contribution in [0, 0.1) is 13.8 Å². The molecule has 0 radical (unpaired) electrons. The molecular weight excluding hydrogens is 238 g/mol. The topological polar surface area (TPSA) is 29.5 Å². The highest BCUT2D eigenvalue weighted by Gasteiger charge is 2.08. The zero-order chi connectivity index (χ0) is 13.0. The lowest BCUT2D eigenvalue weighted by Gasteiger charge is -2.15. The van der Waals surface area contributed by atoms with Crippen molar-refractivity contribution in [2.75, 3.05) is 20.7 Å². The number of hydrogen-bond donors (Lipinski definition) is 0. The van der Waals surface area contributed by atoms with E-state index in [0.29, 0.717) is 6.54 Å². The summed E-state index contributed by atoms with van der Waals surface area (Å²) in [7, 11) is 3.37. The van der Waals surface area contributed by atoms with E-state index >= 15 is 0 Å². The summed E-state index contributed by atoms with van der Waals surface area (Å²) in [5.41, 5.74) is 3.41. The first-order chi connectivity index (χ1) is 7.95. The fourth-order valence-corrected chi connectivity index (χ4v) is 1.98.